The molecule has 2 N–H and O–H groups in total. The van der Waals surface area contributed by atoms with Crippen molar-refractivity contribution in [2.24, 2.45) is 0 Å². The molecule has 27 heavy (non-hydrogen) atoms. The molecule has 0 aliphatic rings. The predicted octanol–water partition coefficient (Wildman–Crippen LogP) is 2.57. The number of urea groups is 1. The number of ether oxygens (including phenoxy) is 1. The number of carbonyl (C=O) groups excluding carboxylic acids is 1. The molecule has 0 aliphatic carbocycles. The zero-order chi connectivity index (χ0) is 19.4. The standard InChI is InChI=1S/C18H21N7O2/c1-11-8-14(15(27-4)9-12(11)2)24-18(26)23-13(3)16-21-10-22-25(16)17-19-6-5-7-20-17/h5-10,13H,1-4H3,(H2,23,24,26). The number of methoxy groups -OCH3 is 1. The minimum Gasteiger partial charge on any atom is -0.495 e. The first-order valence-electron chi connectivity index (χ1n) is 8.39. The van der Waals surface area contributed by atoms with Crippen LogP contribution in [0, 0.1) is 13.8 Å². The maximum Gasteiger partial charge on any atom is 0.319 e. The van der Waals surface area contributed by atoms with Crippen LogP contribution in [0.5, 0.6) is 5.75 Å². The van der Waals surface area contributed by atoms with E-state index in [1.165, 1.54) is 11.0 Å². The summed E-state index contributed by atoms with van der Waals surface area (Å²) in [7, 11) is 1.57. The normalized spacial score (nSPS) is 11.7. The summed E-state index contributed by atoms with van der Waals surface area (Å²) in [5.74, 6) is 1.50. The number of anilines is 1. The van der Waals surface area contributed by atoms with Crippen LogP contribution in [0.1, 0.15) is 29.9 Å². The molecule has 3 aromatic rings. The Balaban J connectivity index is 1.74. The summed E-state index contributed by atoms with van der Waals surface area (Å²) in [6.07, 6.45) is 4.63. The molecule has 140 valence electrons. The smallest absolute Gasteiger partial charge is 0.319 e. The van der Waals surface area contributed by atoms with Crippen molar-refractivity contribution in [3.63, 3.8) is 0 Å². The minimum absolute atomic E-state index is 0.382. The van der Waals surface area contributed by atoms with Gasteiger partial charge in [-0.05, 0) is 50.1 Å². The first-order valence-corrected chi connectivity index (χ1v) is 8.39. The molecule has 0 fully saturated rings. The quantitative estimate of drug-likeness (QED) is 0.718. The van der Waals surface area contributed by atoms with Crippen molar-refractivity contribution in [2.75, 3.05) is 12.4 Å². The Morgan fingerprint density at radius 1 is 1.15 bits per heavy atom. The molecule has 3 rings (SSSR count). The second-order valence-electron chi connectivity index (χ2n) is 6.04. The van der Waals surface area contributed by atoms with Gasteiger partial charge in [-0.2, -0.15) is 9.78 Å². The fourth-order valence-electron chi connectivity index (χ4n) is 2.58. The summed E-state index contributed by atoms with van der Waals surface area (Å²) in [4.78, 5) is 25.0. The molecule has 1 unspecified atom stereocenters. The largest absolute Gasteiger partial charge is 0.495 e. The highest BCUT2D eigenvalue weighted by atomic mass is 16.5. The van der Waals surface area contributed by atoms with Gasteiger partial charge < -0.3 is 15.4 Å². The minimum atomic E-state index is -0.422. The average molecular weight is 367 g/mol. The van der Waals surface area contributed by atoms with Gasteiger partial charge in [-0.15, -0.1) is 0 Å². The number of aromatic nitrogens is 5. The summed E-state index contributed by atoms with van der Waals surface area (Å²) in [5.41, 5.74) is 2.74. The zero-order valence-corrected chi connectivity index (χ0v) is 15.6. The van der Waals surface area contributed by atoms with E-state index < -0.39 is 6.04 Å². The van der Waals surface area contributed by atoms with Crippen LogP contribution in [0.4, 0.5) is 10.5 Å². The van der Waals surface area contributed by atoms with E-state index >= 15 is 0 Å². The van der Waals surface area contributed by atoms with Crippen molar-refractivity contribution in [1.82, 2.24) is 30.0 Å². The molecule has 1 atom stereocenters. The lowest BCUT2D eigenvalue weighted by Gasteiger charge is -2.16. The van der Waals surface area contributed by atoms with E-state index in [0.29, 0.717) is 23.2 Å². The molecule has 0 radical (unpaired) electrons. The third-order valence-electron chi connectivity index (χ3n) is 4.11. The molecule has 0 bridgehead atoms. The number of benzene rings is 1. The van der Waals surface area contributed by atoms with Gasteiger partial charge in [-0.25, -0.2) is 19.7 Å². The van der Waals surface area contributed by atoms with Crippen molar-refractivity contribution in [2.45, 2.75) is 26.8 Å². The first-order chi connectivity index (χ1) is 13.0. The molecule has 0 spiro atoms. The first kappa shape index (κ1) is 18.3. The molecule has 9 heteroatoms. The van der Waals surface area contributed by atoms with Gasteiger partial charge >= 0.3 is 6.03 Å². The van der Waals surface area contributed by atoms with E-state index in [4.69, 9.17) is 4.74 Å². The van der Waals surface area contributed by atoms with Crippen LogP contribution in [0.3, 0.4) is 0 Å². The number of amides is 2. The van der Waals surface area contributed by atoms with Crippen LogP contribution in [0.2, 0.25) is 0 Å². The van der Waals surface area contributed by atoms with Crippen molar-refractivity contribution in [3.05, 3.63) is 53.9 Å². The molecular weight excluding hydrogens is 346 g/mol. The number of nitrogens with zero attached hydrogens (tertiary/aromatic N) is 5. The molecule has 2 heterocycles. The Hall–Kier alpha value is -3.49. The lowest BCUT2D eigenvalue weighted by atomic mass is 10.1. The molecule has 0 saturated heterocycles. The summed E-state index contributed by atoms with van der Waals surface area (Å²) < 4.78 is 6.84. The number of hydrogen-bond acceptors (Lipinski definition) is 6. The van der Waals surface area contributed by atoms with Crippen molar-refractivity contribution < 1.29 is 9.53 Å². The summed E-state index contributed by atoms with van der Waals surface area (Å²) in [5, 5.41) is 9.80. The lowest BCUT2D eigenvalue weighted by molar-refractivity contribution is 0.248. The zero-order valence-electron chi connectivity index (χ0n) is 15.6. The van der Waals surface area contributed by atoms with Gasteiger partial charge in [0.25, 0.3) is 5.95 Å². The highest BCUT2D eigenvalue weighted by Crippen LogP contribution is 2.28. The third-order valence-corrected chi connectivity index (χ3v) is 4.11. The van der Waals surface area contributed by atoms with Gasteiger partial charge in [0.15, 0.2) is 5.82 Å². The average Bonchev–Trinajstić information content (AvgIpc) is 3.15. The summed E-state index contributed by atoms with van der Waals surface area (Å²) >= 11 is 0. The van der Waals surface area contributed by atoms with Crippen LogP contribution in [-0.2, 0) is 0 Å². The molecule has 1 aromatic carbocycles. The third kappa shape index (κ3) is 4.02. The fourth-order valence-corrected chi connectivity index (χ4v) is 2.58. The SMILES string of the molecule is COc1cc(C)c(C)cc1NC(=O)NC(C)c1ncnn1-c1ncccn1. The summed E-state index contributed by atoms with van der Waals surface area (Å²) in [6, 6.07) is 4.67. The van der Waals surface area contributed by atoms with Crippen LogP contribution in [0.15, 0.2) is 36.9 Å². The van der Waals surface area contributed by atoms with Gasteiger partial charge in [-0.3, -0.25) is 0 Å². The molecule has 2 amide bonds. The van der Waals surface area contributed by atoms with Crippen molar-refractivity contribution >= 4 is 11.7 Å². The van der Waals surface area contributed by atoms with Crippen molar-refractivity contribution in [1.29, 1.82) is 0 Å². The van der Waals surface area contributed by atoms with Crippen LogP contribution in [0.25, 0.3) is 5.95 Å². The maximum absolute atomic E-state index is 12.5. The Morgan fingerprint density at radius 2 is 1.85 bits per heavy atom. The second-order valence-corrected chi connectivity index (χ2v) is 6.04. The molecular formula is C18H21N7O2. The Labute approximate surface area is 156 Å². The molecule has 2 aromatic heterocycles. The van der Waals surface area contributed by atoms with E-state index in [1.54, 1.807) is 32.5 Å². The number of hydrogen-bond donors (Lipinski definition) is 2. The summed E-state index contributed by atoms with van der Waals surface area (Å²) in [6.45, 7) is 5.77. The molecule has 0 saturated carbocycles. The van der Waals surface area contributed by atoms with Gasteiger partial charge in [0.1, 0.15) is 12.1 Å². The molecule has 9 nitrogen and oxygen atoms in total. The van der Waals surface area contributed by atoms with E-state index in [0.717, 1.165) is 11.1 Å². The lowest BCUT2D eigenvalue weighted by Crippen LogP contribution is -2.33. The second kappa shape index (κ2) is 7.81. The predicted molar refractivity (Wildman–Crippen MR) is 100.0 cm³/mol. The van der Waals surface area contributed by atoms with Gasteiger partial charge in [0.05, 0.1) is 18.8 Å². The van der Waals surface area contributed by atoms with Crippen LogP contribution >= 0.6 is 0 Å². The number of carbonyl (C=O) groups is 1. The maximum atomic E-state index is 12.5. The Bertz CT molecular complexity index is 940. The van der Waals surface area contributed by atoms with Gasteiger partial charge in [-0.1, -0.05) is 0 Å². The van der Waals surface area contributed by atoms with Crippen LogP contribution < -0.4 is 15.4 Å². The van der Waals surface area contributed by atoms with Gasteiger partial charge in [0.2, 0.25) is 0 Å². The number of nitrogens with one attached hydrogen (secondary N) is 2. The Kier molecular flexibility index (Phi) is 5.30. The van der Waals surface area contributed by atoms with E-state index in [9.17, 15) is 4.79 Å². The molecule has 0 aliphatic heterocycles. The van der Waals surface area contributed by atoms with E-state index in [2.05, 4.69) is 30.7 Å². The van der Waals surface area contributed by atoms with Gasteiger partial charge in [0, 0.05) is 12.4 Å². The Morgan fingerprint density at radius 3 is 2.56 bits per heavy atom. The monoisotopic (exact) mass is 367 g/mol. The highest BCUT2D eigenvalue weighted by molar-refractivity contribution is 5.91. The van der Waals surface area contributed by atoms with Crippen LogP contribution in [-0.4, -0.2) is 37.9 Å². The number of aryl methyl sites for hydroxylation is 2. The highest BCUT2D eigenvalue weighted by Gasteiger charge is 2.18. The number of rotatable bonds is 5. The van der Waals surface area contributed by atoms with E-state index in [1.807, 2.05) is 26.0 Å². The topological polar surface area (TPSA) is 107 Å². The van der Waals surface area contributed by atoms with Crippen molar-refractivity contribution in [3.8, 4) is 11.7 Å². The fraction of sp³-hybridized carbons (Fsp3) is 0.278. The van der Waals surface area contributed by atoms with E-state index in [-0.39, 0.29) is 6.03 Å².